The van der Waals surface area contributed by atoms with Gasteiger partial charge in [0.05, 0.1) is 0 Å². The number of thiophene rings is 1. The summed E-state index contributed by atoms with van der Waals surface area (Å²) in [5, 5.41) is 4.73. The zero-order valence-corrected chi connectivity index (χ0v) is 14.6. The molecular weight excluding hydrogens is 343 g/mol. The highest BCUT2D eigenvalue weighted by Crippen LogP contribution is 2.30. The van der Waals surface area contributed by atoms with Crippen molar-refractivity contribution in [3.63, 3.8) is 0 Å². The van der Waals surface area contributed by atoms with Gasteiger partial charge in [0.25, 0.3) is 5.91 Å². The maximum absolute atomic E-state index is 13.3. The smallest absolute Gasteiger partial charge is 0.266 e. The summed E-state index contributed by atoms with van der Waals surface area (Å²) in [5.41, 5.74) is 2.25. The van der Waals surface area contributed by atoms with Crippen LogP contribution in [0.3, 0.4) is 0 Å². The number of aryl methyl sites for hydroxylation is 1. The van der Waals surface area contributed by atoms with E-state index in [1.807, 2.05) is 23.6 Å². The van der Waals surface area contributed by atoms with Crippen molar-refractivity contribution in [1.82, 2.24) is 4.98 Å². The van der Waals surface area contributed by atoms with Crippen LogP contribution < -0.4 is 5.32 Å². The molecule has 2 heterocycles. The van der Waals surface area contributed by atoms with Gasteiger partial charge in [-0.2, -0.15) is 0 Å². The number of thioether (sulfide) groups is 1. The van der Waals surface area contributed by atoms with Crippen LogP contribution in [0.5, 0.6) is 0 Å². The molecule has 1 N–H and O–H groups in total. The molecule has 2 aromatic heterocycles. The third-order valence-electron chi connectivity index (χ3n) is 3.39. The summed E-state index contributed by atoms with van der Waals surface area (Å²) >= 11 is 3.01. The minimum absolute atomic E-state index is 0.173. The summed E-state index contributed by atoms with van der Waals surface area (Å²) in [4.78, 5) is 18.1. The monoisotopic (exact) mass is 358 g/mol. The van der Waals surface area contributed by atoms with Gasteiger partial charge in [-0.1, -0.05) is 0 Å². The summed E-state index contributed by atoms with van der Waals surface area (Å²) in [6.07, 6.45) is 3.52. The topological polar surface area (TPSA) is 42.0 Å². The molecule has 3 rings (SSSR count). The molecule has 0 saturated heterocycles. The van der Waals surface area contributed by atoms with Crippen molar-refractivity contribution in [2.24, 2.45) is 0 Å². The van der Waals surface area contributed by atoms with Crippen LogP contribution in [0, 0.1) is 12.7 Å². The average Bonchev–Trinajstić information content (AvgIpc) is 3.06. The molecule has 122 valence electrons. The van der Waals surface area contributed by atoms with Crippen molar-refractivity contribution in [1.29, 1.82) is 0 Å². The molecule has 0 radical (unpaired) electrons. The van der Waals surface area contributed by atoms with Crippen LogP contribution in [0.25, 0.3) is 0 Å². The number of benzene rings is 1. The van der Waals surface area contributed by atoms with Gasteiger partial charge in [0.1, 0.15) is 10.7 Å². The van der Waals surface area contributed by atoms with E-state index >= 15 is 0 Å². The fourth-order valence-corrected chi connectivity index (χ4v) is 4.12. The molecule has 0 unspecified atom stereocenters. The van der Waals surface area contributed by atoms with Crippen LogP contribution in [0.2, 0.25) is 0 Å². The number of hydrogen-bond donors (Lipinski definition) is 1. The van der Waals surface area contributed by atoms with Crippen molar-refractivity contribution in [3.8, 4) is 0 Å². The molecule has 3 aromatic rings. The third-order valence-corrected chi connectivity index (χ3v) is 5.57. The molecule has 0 saturated carbocycles. The van der Waals surface area contributed by atoms with E-state index in [-0.39, 0.29) is 11.7 Å². The first kappa shape index (κ1) is 16.7. The lowest BCUT2D eigenvalue weighted by molar-refractivity contribution is 0.102. The molecule has 6 heteroatoms. The Balaban J connectivity index is 1.69. The molecule has 0 fully saturated rings. The number of nitrogens with zero attached hydrogens (tertiary/aromatic N) is 1. The average molecular weight is 358 g/mol. The Kier molecular flexibility index (Phi) is 5.27. The van der Waals surface area contributed by atoms with Crippen LogP contribution in [0.1, 0.15) is 20.8 Å². The van der Waals surface area contributed by atoms with Gasteiger partial charge in [0.15, 0.2) is 0 Å². The number of amides is 1. The van der Waals surface area contributed by atoms with E-state index in [1.54, 1.807) is 43.2 Å². The standard InChI is InChI=1S/C18H15FN2OS2/c1-12-10-14(2-3-15(12)19)21-18(22)17-16(6-9-23-17)24-11-13-4-7-20-8-5-13/h2-10H,11H2,1H3,(H,21,22). The van der Waals surface area contributed by atoms with Crippen LogP contribution in [-0.4, -0.2) is 10.9 Å². The predicted molar refractivity (Wildman–Crippen MR) is 97.2 cm³/mol. The number of carbonyl (C=O) groups is 1. The first-order valence-corrected chi connectivity index (χ1v) is 9.16. The summed E-state index contributed by atoms with van der Waals surface area (Å²) < 4.78 is 13.3. The Morgan fingerprint density at radius 1 is 1.25 bits per heavy atom. The minimum atomic E-state index is -0.280. The van der Waals surface area contributed by atoms with Gasteiger partial charge in [-0.15, -0.1) is 23.1 Å². The fraction of sp³-hybridized carbons (Fsp3) is 0.111. The second kappa shape index (κ2) is 7.59. The van der Waals surface area contributed by atoms with Crippen molar-refractivity contribution in [2.45, 2.75) is 17.6 Å². The molecule has 0 atom stereocenters. The van der Waals surface area contributed by atoms with Crippen molar-refractivity contribution >= 4 is 34.7 Å². The molecular formula is C18H15FN2OS2. The second-order valence-electron chi connectivity index (χ2n) is 5.18. The molecule has 0 spiro atoms. The number of carbonyl (C=O) groups excluding carboxylic acids is 1. The molecule has 24 heavy (non-hydrogen) atoms. The van der Waals surface area contributed by atoms with E-state index in [1.165, 1.54) is 17.4 Å². The molecule has 1 aromatic carbocycles. The van der Waals surface area contributed by atoms with Gasteiger partial charge in [0.2, 0.25) is 0 Å². The second-order valence-corrected chi connectivity index (χ2v) is 7.11. The Hall–Kier alpha value is -2.18. The summed E-state index contributed by atoms with van der Waals surface area (Å²) in [7, 11) is 0. The lowest BCUT2D eigenvalue weighted by Gasteiger charge is -2.07. The zero-order chi connectivity index (χ0) is 16.9. The van der Waals surface area contributed by atoms with E-state index in [0.29, 0.717) is 16.1 Å². The van der Waals surface area contributed by atoms with Crippen LogP contribution in [-0.2, 0) is 5.75 Å². The lowest BCUT2D eigenvalue weighted by atomic mass is 10.2. The van der Waals surface area contributed by atoms with Gasteiger partial charge in [-0.25, -0.2) is 4.39 Å². The Morgan fingerprint density at radius 3 is 2.79 bits per heavy atom. The lowest BCUT2D eigenvalue weighted by Crippen LogP contribution is -2.11. The molecule has 0 aliphatic rings. The molecule has 1 amide bonds. The number of hydrogen-bond acceptors (Lipinski definition) is 4. The molecule has 0 aliphatic heterocycles. The first-order valence-electron chi connectivity index (χ1n) is 7.30. The Labute approximate surface area is 148 Å². The first-order chi connectivity index (χ1) is 11.6. The van der Waals surface area contributed by atoms with Crippen molar-refractivity contribution in [2.75, 3.05) is 5.32 Å². The van der Waals surface area contributed by atoms with Gasteiger partial charge in [-0.3, -0.25) is 9.78 Å². The van der Waals surface area contributed by atoms with Crippen LogP contribution >= 0.6 is 23.1 Å². The highest BCUT2D eigenvalue weighted by molar-refractivity contribution is 7.98. The molecule has 3 nitrogen and oxygen atoms in total. The fourth-order valence-electron chi connectivity index (χ4n) is 2.13. The quantitative estimate of drug-likeness (QED) is 0.643. The van der Waals surface area contributed by atoms with Gasteiger partial charge in [0, 0.05) is 28.7 Å². The van der Waals surface area contributed by atoms with Crippen molar-refractivity contribution in [3.05, 3.63) is 76.0 Å². The number of anilines is 1. The summed E-state index contributed by atoms with van der Waals surface area (Å²) in [6.45, 7) is 1.67. The largest absolute Gasteiger partial charge is 0.321 e. The number of halogens is 1. The highest BCUT2D eigenvalue weighted by atomic mass is 32.2. The van der Waals surface area contributed by atoms with Crippen LogP contribution in [0.4, 0.5) is 10.1 Å². The molecule has 0 bridgehead atoms. The highest BCUT2D eigenvalue weighted by Gasteiger charge is 2.14. The third kappa shape index (κ3) is 4.01. The summed E-state index contributed by atoms with van der Waals surface area (Å²) in [5.74, 6) is 0.320. The normalized spacial score (nSPS) is 10.6. The maximum Gasteiger partial charge on any atom is 0.266 e. The van der Waals surface area contributed by atoms with Gasteiger partial charge >= 0.3 is 0 Å². The van der Waals surface area contributed by atoms with E-state index < -0.39 is 0 Å². The number of rotatable bonds is 5. The van der Waals surface area contributed by atoms with Crippen molar-refractivity contribution < 1.29 is 9.18 Å². The van der Waals surface area contributed by atoms with Gasteiger partial charge in [-0.05, 0) is 59.8 Å². The van der Waals surface area contributed by atoms with E-state index in [4.69, 9.17) is 0 Å². The summed E-state index contributed by atoms with van der Waals surface area (Å²) in [6, 6.07) is 10.4. The van der Waals surface area contributed by atoms with E-state index in [2.05, 4.69) is 10.3 Å². The van der Waals surface area contributed by atoms with Gasteiger partial charge < -0.3 is 5.32 Å². The predicted octanol–water partition coefficient (Wildman–Crippen LogP) is 5.14. The number of aromatic nitrogens is 1. The Bertz CT molecular complexity index is 849. The Morgan fingerprint density at radius 2 is 2.04 bits per heavy atom. The number of nitrogens with one attached hydrogen (secondary N) is 1. The molecule has 0 aliphatic carbocycles. The van der Waals surface area contributed by atoms with E-state index in [0.717, 1.165) is 16.2 Å². The van der Waals surface area contributed by atoms with Crippen LogP contribution in [0.15, 0.2) is 59.1 Å². The zero-order valence-electron chi connectivity index (χ0n) is 13.0. The number of pyridine rings is 1. The SMILES string of the molecule is Cc1cc(NC(=O)c2sccc2SCc2ccncc2)ccc1F. The van der Waals surface area contributed by atoms with E-state index in [9.17, 15) is 9.18 Å². The maximum atomic E-state index is 13.3. The minimum Gasteiger partial charge on any atom is -0.321 e.